The summed E-state index contributed by atoms with van der Waals surface area (Å²) in [5.74, 6) is 0.831. The Morgan fingerprint density at radius 2 is 2.17 bits per heavy atom. The molecule has 2 N–H and O–H groups in total. The van der Waals surface area contributed by atoms with E-state index in [1.54, 1.807) is 32.5 Å². The molecule has 0 radical (unpaired) electrons. The second kappa shape index (κ2) is 5.29. The van der Waals surface area contributed by atoms with Gasteiger partial charge in [-0.1, -0.05) is 16.8 Å². The lowest BCUT2D eigenvalue weighted by Gasteiger charge is -2.13. The van der Waals surface area contributed by atoms with Crippen LogP contribution in [-0.4, -0.2) is 19.4 Å². The van der Waals surface area contributed by atoms with Crippen molar-refractivity contribution in [1.82, 2.24) is 5.16 Å². The summed E-state index contributed by atoms with van der Waals surface area (Å²) in [6, 6.07) is 3.51. The Balaban J connectivity index is 2.66. The van der Waals surface area contributed by atoms with Gasteiger partial charge in [0.05, 0.1) is 25.5 Å². The Morgan fingerprint density at radius 1 is 1.39 bits per heavy atom. The monoisotopic (exact) mass is 268 g/mol. The van der Waals surface area contributed by atoms with Crippen LogP contribution in [0.15, 0.2) is 22.9 Å². The number of anilines is 1. The zero-order chi connectivity index (χ0) is 13.1. The molecule has 0 fully saturated rings. The minimum Gasteiger partial charge on any atom is -0.496 e. The fourth-order valence-electron chi connectivity index (χ4n) is 1.81. The number of ether oxygens (including phenoxy) is 2. The largest absolute Gasteiger partial charge is 0.496 e. The van der Waals surface area contributed by atoms with Gasteiger partial charge in [0.25, 0.3) is 0 Å². The highest BCUT2D eigenvalue weighted by Gasteiger charge is 2.18. The van der Waals surface area contributed by atoms with Gasteiger partial charge in [0.1, 0.15) is 5.75 Å². The van der Waals surface area contributed by atoms with Crippen molar-refractivity contribution in [2.45, 2.75) is 6.61 Å². The number of aromatic nitrogens is 1. The smallest absolute Gasteiger partial charge is 0.230 e. The number of nitrogens with zero attached hydrogens (tertiary/aromatic N) is 1. The summed E-state index contributed by atoms with van der Waals surface area (Å²) in [6.07, 6.45) is 1.54. The number of nitrogen functional groups attached to an aromatic ring is 1. The van der Waals surface area contributed by atoms with E-state index in [0.717, 1.165) is 11.1 Å². The Labute approximate surface area is 109 Å². The van der Waals surface area contributed by atoms with Gasteiger partial charge < -0.3 is 19.7 Å². The molecule has 0 saturated heterocycles. The molecule has 2 aromatic rings. The number of hydrogen-bond acceptors (Lipinski definition) is 5. The van der Waals surface area contributed by atoms with Gasteiger partial charge in [-0.05, 0) is 17.7 Å². The van der Waals surface area contributed by atoms with Crippen LogP contribution in [0.5, 0.6) is 5.75 Å². The van der Waals surface area contributed by atoms with E-state index in [2.05, 4.69) is 5.16 Å². The Kier molecular flexibility index (Phi) is 3.74. The minimum absolute atomic E-state index is 0.230. The predicted octanol–water partition coefficient (Wildman–Crippen LogP) is 2.73. The fourth-order valence-corrected chi connectivity index (χ4v) is 2.04. The molecule has 96 valence electrons. The number of methoxy groups -OCH3 is 2. The summed E-state index contributed by atoms with van der Waals surface area (Å²) in [6.45, 7) is 0.386. The fraction of sp³-hybridized carbons (Fsp3) is 0.250. The standard InChI is InChI=1S/C12H13ClN2O3/c1-16-6-7-3-8(13)4-10(17-2)11(7)9-5-15-18-12(9)14/h3-5H,6,14H2,1-2H3. The first-order chi connectivity index (χ1) is 8.67. The second-order valence-electron chi connectivity index (χ2n) is 3.68. The maximum atomic E-state index is 6.03. The maximum Gasteiger partial charge on any atom is 0.230 e. The highest BCUT2D eigenvalue weighted by molar-refractivity contribution is 6.31. The van der Waals surface area contributed by atoms with Gasteiger partial charge in [-0.15, -0.1) is 0 Å². The van der Waals surface area contributed by atoms with Crippen LogP contribution in [0.4, 0.5) is 5.88 Å². The van der Waals surface area contributed by atoms with Crippen LogP contribution in [0, 0.1) is 0 Å². The van der Waals surface area contributed by atoms with E-state index in [9.17, 15) is 0 Å². The molecule has 1 heterocycles. The van der Waals surface area contributed by atoms with Gasteiger partial charge in [-0.25, -0.2) is 0 Å². The lowest BCUT2D eigenvalue weighted by Crippen LogP contribution is -1.97. The van der Waals surface area contributed by atoms with Gasteiger partial charge in [-0.2, -0.15) is 0 Å². The lowest BCUT2D eigenvalue weighted by molar-refractivity contribution is 0.185. The van der Waals surface area contributed by atoms with E-state index >= 15 is 0 Å². The van der Waals surface area contributed by atoms with Crippen LogP contribution < -0.4 is 10.5 Å². The number of halogens is 1. The highest BCUT2D eigenvalue weighted by Crippen LogP contribution is 2.39. The molecular weight excluding hydrogens is 256 g/mol. The molecule has 0 bridgehead atoms. The van der Waals surface area contributed by atoms with Crippen molar-refractivity contribution in [3.8, 4) is 16.9 Å². The average molecular weight is 269 g/mol. The van der Waals surface area contributed by atoms with E-state index in [-0.39, 0.29) is 5.88 Å². The SMILES string of the molecule is COCc1cc(Cl)cc(OC)c1-c1cnoc1N. The molecule has 18 heavy (non-hydrogen) atoms. The van der Waals surface area contributed by atoms with E-state index in [4.69, 9.17) is 31.3 Å². The Bertz CT molecular complexity index is 554. The van der Waals surface area contributed by atoms with Crippen molar-refractivity contribution in [3.05, 3.63) is 28.9 Å². The summed E-state index contributed by atoms with van der Waals surface area (Å²) in [5.41, 5.74) is 8.04. The molecule has 0 aliphatic carbocycles. The molecule has 5 nitrogen and oxygen atoms in total. The number of benzene rings is 1. The Morgan fingerprint density at radius 3 is 2.72 bits per heavy atom. The third kappa shape index (κ3) is 2.27. The molecule has 1 aromatic carbocycles. The lowest BCUT2D eigenvalue weighted by atomic mass is 10.0. The summed E-state index contributed by atoms with van der Waals surface area (Å²) in [7, 11) is 3.17. The minimum atomic E-state index is 0.230. The predicted molar refractivity (Wildman–Crippen MR) is 68.6 cm³/mol. The van der Waals surface area contributed by atoms with Crippen LogP contribution in [0.1, 0.15) is 5.56 Å². The van der Waals surface area contributed by atoms with Gasteiger partial charge in [0, 0.05) is 17.7 Å². The van der Waals surface area contributed by atoms with E-state index in [1.165, 1.54) is 0 Å². The van der Waals surface area contributed by atoms with Crippen molar-refractivity contribution in [1.29, 1.82) is 0 Å². The van der Waals surface area contributed by atoms with E-state index < -0.39 is 0 Å². The third-order valence-electron chi connectivity index (χ3n) is 2.54. The summed E-state index contributed by atoms with van der Waals surface area (Å²) < 4.78 is 15.4. The molecule has 0 amide bonds. The van der Waals surface area contributed by atoms with Crippen LogP contribution in [0.25, 0.3) is 11.1 Å². The number of rotatable bonds is 4. The molecule has 0 aliphatic rings. The van der Waals surface area contributed by atoms with Crippen molar-refractivity contribution < 1.29 is 14.0 Å². The molecular formula is C12H13ClN2O3. The maximum absolute atomic E-state index is 6.03. The van der Waals surface area contributed by atoms with E-state index in [1.807, 2.05) is 0 Å². The van der Waals surface area contributed by atoms with E-state index in [0.29, 0.717) is 22.9 Å². The first-order valence-electron chi connectivity index (χ1n) is 5.23. The van der Waals surface area contributed by atoms with Crippen molar-refractivity contribution in [3.63, 3.8) is 0 Å². The normalized spacial score (nSPS) is 10.6. The van der Waals surface area contributed by atoms with Gasteiger partial charge in [0.15, 0.2) is 0 Å². The van der Waals surface area contributed by atoms with Crippen molar-refractivity contribution in [2.75, 3.05) is 20.0 Å². The van der Waals surface area contributed by atoms with Crippen LogP contribution in [-0.2, 0) is 11.3 Å². The Hall–Kier alpha value is -1.72. The average Bonchev–Trinajstić information content (AvgIpc) is 2.75. The van der Waals surface area contributed by atoms with Gasteiger partial charge >= 0.3 is 0 Å². The first kappa shape index (κ1) is 12.7. The zero-order valence-electron chi connectivity index (χ0n) is 10.1. The molecule has 0 unspecified atom stereocenters. The highest BCUT2D eigenvalue weighted by atomic mass is 35.5. The molecule has 0 spiro atoms. The van der Waals surface area contributed by atoms with Crippen molar-refractivity contribution in [2.24, 2.45) is 0 Å². The summed E-state index contributed by atoms with van der Waals surface area (Å²) >= 11 is 6.03. The van der Waals surface area contributed by atoms with Crippen LogP contribution in [0.3, 0.4) is 0 Å². The molecule has 0 atom stereocenters. The summed E-state index contributed by atoms with van der Waals surface area (Å²) in [4.78, 5) is 0. The van der Waals surface area contributed by atoms with Crippen LogP contribution >= 0.6 is 11.6 Å². The van der Waals surface area contributed by atoms with Crippen LogP contribution in [0.2, 0.25) is 5.02 Å². The van der Waals surface area contributed by atoms with Gasteiger partial charge in [0.2, 0.25) is 5.88 Å². The van der Waals surface area contributed by atoms with Gasteiger partial charge in [-0.3, -0.25) is 0 Å². The topological polar surface area (TPSA) is 70.5 Å². The molecule has 2 rings (SSSR count). The summed E-state index contributed by atoms with van der Waals surface area (Å²) in [5, 5.41) is 4.24. The van der Waals surface area contributed by atoms with Crippen molar-refractivity contribution >= 4 is 17.5 Å². The first-order valence-corrected chi connectivity index (χ1v) is 5.61. The number of nitrogens with two attached hydrogens (primary N) is 1. The second-order valence-corrected chi connectivity index (χ2v) is 4.12. The zero-order valence-corrected chi connectivity index (χ0v) is 10.8. The number of hydrogen-bond donors (Lipinski definition) is 1. The molecule has 0 aliphatic heterocycles. The molecule has 0 saturated carbocycles. The third-order valence-corrected chi connectivity index (χ3v) is 2.75. The molecule has 1 aromatic heterocycles. The molecule has 6 heteroatoms. The quantitative estimate of drug-likeness (QED) is 0.923.